The Labute approximate surface area is 187 Å². The second kappa shape index (κ2) is 7.75. The van der Waals surface area contributed by atoms with Gasteiger partial charge in [-0.2, -0.15) is 13.2 Å². The van der Waals surface area contributed by atoms with Gasteiger partial charge in [0.2, 0.25) is 11.7 Å². The first-order valence-electron chi connectivity index (χ1n) is 10.4. The number of nitrogens with zero attached hydrogens (tertiary/aromatic N) is 1. The zero-order valence-corrected chi connectivity index (χ0v) is 17.6. The zero-order chi connectivity index (χ0) is 23.2. The molecule has 172 valence electrons. The summed E-state index contributed by atoms with van der Waals surface area (Å²) in [5, 5.41) is 0. The van der Waals surface area contributed by atoms with Gasteiger partial charge in [-0.25, -0.2) is 0 Å². The molecule has 2 aromatic carbocycles. The van der Waals surface area contributed by atoms with Crippen LogP contribution >= 0.6 is 0 Å². The lowest BCUT2D eigenvalue weighted by Crippen LogP contribution is -2.42. The van der Waals surface area contributed by atoms with E-state index in [0.29, 0.717) is 36.1 Å². The van der Waals surface area contributed by atoms with Gasteiger partial charge in [0.05, 0.1) is 6.54 Å². The molecule has 0 unspecified atom stereocenters. The van der Waals surface area contributed by atoms with Gasteiger partial charge in [-0.3, -0.25) is 4.79 Å². The van der Waals surface area contributed by atoms with Gasteiger partial charge < -0.3 is 23.5 Å². The second-order valence-electron chi connectivity index (χ2n) is 8.10. The number of amides is 1. The molecule has 0 N–H and O–H groups in total. The van der Waals surface area contributed by atoms with Gasteiger partial charge in [-0.15, -0.1) is 0 Å². The third-order valence-corrected chi connectivity index (χ3v) is 5.80. The smallest absolute Gasteiger partial charge is 0.449 e. The number of carbonyl (C=O) groups excluding carboxylic acids is 1. The van der Waals surface area contributed by atoms with Gasteiger partial charge in [0, 0.05) is 11.8 Å². The van der Waals surface area contributed by atoms with Crippen molar-refractivity contribution in [1.82, 2.24) is 0 Å². The predicted octanol–water partition coefficient (Wildman–Crippen LogP) is 4.95. The maximum Gasteiger partial charge on any atom is 0.449 e. The minimum atomic E-state index is -4.59. The summed E-state index contributed by atoms with van der Waals surface area (Å²) in [5.74, 6) is 0.382. The number of furan rings is 1. The largest absolute Gasteiger partial charge is 0.492 e. The molecular formula is C24H20F3NO5. The van der Waals surface area contributed by atoms with Crippen LogP contribution in [0, 0.1) is 0 Å². The maximum absolute atomic E-state index is 13.5. The monoisotopic (exact) mass is 459 g/mol. The van der Waals surface area contributed by atoms with Crippen LogP contribution in [0.1, 0.15) is 24.0 Å². The van der Waals surface area contributed by atoms with Crippen LogP contribution in [0.2, 0.25) is 0 Å². The van der Waals surface area contributed by atoms with Gasteiger partial charge in [0.1, 0.15) is 36.7 Å². The standard InChI is InChI=1S/C24H20F3NO5/c1-23(14-32-15-6-8-19-20(12-15)31-11-10-30-19)17-4-2-3-5-18(17)28(22(23)29)13-16-7-9-21(33-16)24(25,26)27/h2-9,12H,10-11,13-14H2,1H3/t23-/m0/s1. The van der Waals surface area contributed by atoms with Crippen LogP contribution in [0.25, 0.3) is 0 Å². The lowest BCUT2D eigenvalue weighted by Gasteiger charge is -2.25. The Morgan fingerprint density at radius 1 is 1.03 bits per heavy atom. The summed E-state index contributed by atoms with van der Waals surface area (Å²) in [6.07, 6.45) is -4.59. The summed E-state index contributed by atoms with van der Waals surface area (Å²) in [7, 11) is 0. The lowest BCUT2D eigenvalue weighted by molar-refractivity contribution is -0.153. The van der Waals surface area contributed by atoms with E-state index in [-0.39, 0.29) is 24.8 Å². The van der Waals surface area contributed by atoms with E-state index in [2.05, 4.69) is 0 Å². The molecule has 2 aliphatic rings. The highest BCUT2D eigenvalue weighted by Gasteiger charge is 2.48. The Hall–Kier alpha value is -3.62. The van der Waals surface area contributed by atoms with Gasteiger partial charge in [0.25, 0.3) is 0 Å². The lowest BCUT2D eigenvalue weighted by atomic mass is 9.84. The number of hydrogen-bond acceptors (Lipinski definition) is 5. The van der Waals surface area contributed by atoms with Crippen molar-refractivity contribution in [3.63, 3.8) is 0 Å². The van der Waals surface area contributed by atoms with Crippen LogP contribution in [0.5, 0.6) is 17.2 Å². The van der Waals surface area contributed by atoms with E-state index >= 15 is 0 Å². The Morgan fingerprint density at radius 2 is 1.79 bits per heavy atom. The van der Waals surface area contributed by atoms with Crippen molar-refractivity contribution in [2.75, 3.05) is 24.7 Å². The van der Waals surface area contributed by atoms with E-state index in [9.17, 15) is 18.0 Å². The van der Waals surface area contributed by atoms with Gasteiger partial charge in [-0.05, 0) is 42.8 Å². The van der Waals surface area contributed by atoms with Crippen LogP contribution in [-0.4, -0.2) is 25.7 Å². The van der Waals surface area contributed by atoms with Gasteiger partial charge in [-0.1, -0.05) is 18.2 Å². The average molecular weight is 459 g/mol. The van der Waals surface area contributed by atoms with Crippen molar-refractivity contribution in [3.8, 4) is 17.2 Å². The topological polar surface area (TPSA) is 61.1 Å². The molecule has 0 saturated carbocycles. The predicted molar refractivity (Wildman–Crippen MR) is 112 cm³/mol. The molecule has 2 aliphatic heterocycles. The molecule has 3 aromatic rings. The van der Waals surface area contributed by atoms with E-state index in [0.717, 1.165) is 11.6 Å². The highest BCUT2D eigenvalue weighted by molar-refractivity contribution is 6.07. The minimum Gasteiger partial charge on any atom is -0.492 e. The molecule has 0 spiro atoms. The fourth-order valence-corrected chi connectivity index (χ4v) is 4.11. The molecule has 6 nitrogen and oxygen atoms in total. The number of hydrogen-bond donors (Lipinski definition) is 0. The summed E-state index contributed by atoms with van der Waals surface area (Å²) in [5.41, 5.74) is 0.305. The normalized spacial score (nSPS) is 19.5. The summed E-state index contributed by atoms with van der Waals surface area (Å²) < 4.78 is 60.8. The fourth-order valence-electron chi connectivity index (χ4n) is 4.11. The first-order chi connectivity index (χ1) is 15.8. The zero-order valence-electron chi connectivity index (χ0n) is 17.6. The molecule has 33 heavy (non-hydrogen) atoms. The molecule has 1 aromatic heterocycles. The van der Waals surface area contributed by atoms with E-state index in [1.54, 1.807) is 37.3 Å². The number of alkyl halides is 3. The molecule has 1 amide bonds. The number of benzene rings is 2. The number of rotatable bonds is 5. The summed E-state index contributed by atoms with van der Waals surface area (Å²) in [6.45, 7) is 2.59. The van der Waals surface area contributed by atoms with Crippen molar-refractivity contribution in [2.45, 2.75) is 25.1 Å². The molecule has 9 heteroatoms. The summed E-state index contributed by atoms with van der Waals surface area (Å²) in [6, 6.07) is 14.5. The number of ether oxygens (including phenoxy) is 3. The highest BCUT2D eigenvalue weighted by Crippen LogP contribution is 2.43. The summed E-state index contributed by atoms with van der Waals surface area (Å²) in [4.78, 5) is 14.9. The molecular weight excluding hydrogens is 439 g/mol. The third-order valence-electron chi connectivity index (χ3n) is 5.80. The van der Waals surface area contributed by atoms with Crippen molar-refractivity contribution >= 4 is 11.6 Å². The van der Waals surface area contributed by atoms with Crippen molar-refractivity contribution < 1.29 is 36.6 Å². The van der Waals surface area contributed by atoms with Crippen molar-refractivity contribution in [3.05, 3.63) is 71.7 Å². The third kappa shape index (κ3) is 3.77. The van der Waals surface area contributed by atoms with Crippen LogP contribution in [0.3, 0.4) is 0 Å². The average Bonchev–Trinajstić information content (AvgIpc) is 3.36. The van der Waals surface area contributed by atoms with Crippen LogP contribution in [0.4, 0.5) is 18.9 Å². The van der Waals surface area contributed by atoms with Crippen molar-refractivity contribution in [1.29, 1.82) is 0 Å². The highest BCUT2D eigenvalue weighted by atomic mass is 19.4. The number of carbonyl (C=O) groups is 1. The molecule has 0 saturated heterocycles. The Kier molecular flexibility index (Phi) is 4.99. The van der Waals surface area contributed by atoms with E-state index in [4.69, 9.17) is 18.6 Å². The van der Waals surface area contributed by atoms with Crippen molar-refractivity contribution in [2.24, 2.45) is 0 Å². The molecule has 0 radical (unpaired) electrons. The first kappa shape index (κ1) is 21.2. The Morgan fingerprint density at radius 3 is 2.55 bits per heavy atom. The van der Waals surface area contributed by atoms with Crippen LogP contribution in [-0.2, 0) is 22.9 Å². The molecule has 0 bridgehead atoms. The van der Waals surface area contributed by atoms with Gasteiger partial charge >= 0.3 is 6.18 Å². The van der Waals surface area contributed by atoms with E-state index < -0.39 is 17.4 Å². The maximum atomic E-state index is 13.5. The van der Waals surface area contributed by atoms with Crippen LogP contribution < -0.4 is 19.1 Å². The van der Waals surface area contributed by atoms with E-state index in [1.807, 2.05) is 12.1 Å². The Bertz CT molecular complexity index is 1200. The quantitative estimate of drug-likeness (QED) is 0.540. The minimum absolute atomic E-state index is 0.0327. The molecule has 3 heterocycles. The first-order valence-corrected chi connectivity index (χ1v) is 10.4. The van der Waals surface area contributed by atoms with E-state index in [1.165, 1.54) is 11.0 Å². The van der Waals surface area contributed by atoms with Gasteiger partial charge in [0.15, 0.2) is 11.5 Å². The summed E-state index contributed by atoms with van der Waals surface area (Å²) >= 11 is 0. The number of para-hydroxylation sites is 1. The molecule has 0 fully saturated rings. The SMILES string of the molecule is C[C@@]1(COc2ccc3c(c2)OCCO3)C(=O)N(Cc2ccc(C(F)(F)F)o2)c2ccccc21. The fraction of sp³-hybridized carbons (Fsp3) is 0.292. The number of fused-ring (bicyclic) bond motifs is 2. The number of anilines is 1. The molecule has 1 atom stereocenters. The molecule has 5 rings (SSSR count). The number of halogens is 3. The second-order valence-corrected chi connectivity index (χ2v) is 8.10. The van der Waals surface area contributed by atoms with Crippen LogP contribution in [0.15, 0.2) is 59.0 Å². The molecule has 0 aliphatic carbocycles. The Balaban J connectivity index is 1.39.